The van der Waals surface area contributed by atoms with Crippen molar-refractivity contribution in [3.8, 4) is 11.5 Å². The lowest BCUT2D eigenvalue weighted by Crippen LogP contribution is -1.96. The number of hydrogen-bond donors (Lipinski definition) is 1. The number of ether oxygens (including phenoxy) is 2. The fourth-order valence-electron chi connectivity index (χ4n) is 0.932. The Balaban J connectivity index is 2.91. The number of benzene rings is 1. The Bertz CT molecular complexity index is 258. The lowest BCUT2D eigenvalue weighted by molar-refractivity contribution is 0.0976. The van der Waals surface area contributed by atoms with E-state index in [2.05, 4.69) is 0 Å². The Morgan fingerprint density at radius 1 is 1.42 bits per heavy atom. The van der Waals surface area contributed by atoms with Crippen molar-refractivity contribution in [1.29, 1.82) is 0 Å². The first-order valence-electron chi connectivity index (χ1n) is 3.66. The van der Waals surface area contributed by atoms with Crippen LogP contribution in [0, 0.1) is 6.92 Å². The highest BCUT2D eigenvalue weighted by molar-refractivity contribution is 5.39. The molecule has 0 unspecified atom stereocenters. The van der Waals surface area contributed by atoms with Crippen molar-refractivity contribution < 1.29 is 14.6 Å². The third kappa shape index (κ3) is 1.89. The van der Waals surface area contributed by atoms with E-state index in [0.717, 1.165) is 11.3 Å². The van der Waals surface area contributed by atoms with Gasteiger partial charge in [0.05, 0.1) is 7.11 Å². The van der Waals surface area contributed by atoms with Gasteiger partial charge in [0.15, 0.2) is 6.79 Å². The van der Waals surface area contributed by atoms with Gasteiger partial charge in [-0.1, -0.05) is 6.07 Å². The summed E-state index contributed by atoms with van der Waals surface area (Å²) in [4.78, 5) is 0. The predicted molar refractivity (Wildman–Crippen MR) is 45.4 cm³/mol. The second-order valence-corrected chi connectivity index (χ2v) is 2.40. The van der Waals surface area contributed by atoms with Crippen LogP contribution in [-0.4, -0.2) is 19.0 Å². The second-order valence-electron chi connectivity index (χ2n) is 2.40. The molecule has 0 aliphatic rings. The van der Waals surface area contributed by atoms with Crippen molar-refractivity contribution in [2.45, 2.75) is 6.92 Å². The summed E-state index contributed by atoms with van der Waals surface area (Å²) in [6, 6.07) is 5.47. The lowest BCUT2D eigenvalue weighted by Gasteiger charge is -2.07. The van der Waals surface area contributed by atoms with E-state index in [1.54, 1.807) is 13.2 Å². The molecule has 3 nitrogen and oxygen atoms in total. The maximum Gasteiger partial charge on any atom is 0.186 e. The zero-order chi connectivity index (χ0) is 8.97. The van der Waals surface area contributed by atoms with E-state index < -0.39 is 0 Å². The van der Waals surface area contributed by atoms with Crippen molar-refractivity contribution >= 4 is 0 Å². The lowest BCUT2D eigenvalue weighted by atomic mass is 10.2. The summed E-state index contributed by atoms with van der Waals surface area (Å²) in [7, 11) is 1.59. The summed E-state index contributed by atoms with van der Waals surface area (Å²) >= 11 is 0. The van der Waals surface area contributed by atoms with Gasteiger partial charge in [-0.2, -0.15) is 0 Å². The highest BCUT2D eigenvalue weighted by Gasteiger charge is 2.00. The molecular formula is C9H12O3. The van der Waals surface area contributed by atoms with Crippen LogP contribution in [0.3, 0.4) is 0 Å². The van der Waals surface area contributed by atoms with Crippen molar-refractivity contribution in [1.82, 2.24) is 0 Å². The summed E-state index contributed by atoms with van der Waals surface area (Å²) in [5, 5.41) is 8.54. The Labute approximate surface area is 71.5 Å². The molecule has 12 heavy (non-hydrogen) atoms. The maximum atomic E-state index is 8.54. The Morgan fingerprint density at radius 2 is 2.17 bits per heavy atom. The zero-order valence-electron chi connectivity index (χ0n) is 7.20. The molecule has 0 amide bonds. The monoisotopic (exact) mass is 168 g/mol. The molecule has 0 heterocycles. The van der Waals surface area contributed by atoms with Crippen molar-refractivity contribution in [3.63, 3.8) is 0 Å². The highest BCUT2D eigenvalue weighted by Crippen LogP contribution is 2.23. The standard InChI is InChI=1S/C9H12O3/c1-7-3-4-8(11-2)5-9(7)12-6-10/h3-5,10H,6H2,1-2H3. The summed E-state index contributed by atoms with van der Waals surface area (Å²) in [5.74, 6) is 1.38. The molecule has 0 fully saturated rings. The number of hydrogen-bond acceptors (Lipinski definition) is 3. The van der Waals surface area contributed by atoms with Gasteiger partial charge in [0.2, 0.25) is 0 Å². The first-order valence-corrected chi connectivity index (χ1v) is 3.66. The van der Waals surface area contributed by atoms with E-state index in [9.17, 15) is 0 Å². The van der Waals surface area contributed by atoms with Gasteiger partial charge in [-0.3, -0.25) is 0 Å². The molecular weight excluding hydrogens is 156 g/mol. The fraction of sp³-hybridized carbons (Fsp3) is 0.333. The first kappa shape index (κ1) is 8.87. The number of methoxy groups -OCH3 is 1. The van der Waals surface area contributed by atoms with E-state index in [-0.39, 0.29) is 6.79 Å². The smallest absolute Gasteiger partial charge is 0.186 e. The van der Waals surface area contributed by atoms with Gasteiger partial charge in [0, 0.05) is 6.07 Å². The molecule has 0 aliphatic heterocycles. The minimum atomic E-state index is -0.312. The third-order valence-corrected chi connectivity index (χ3v) is 1.62. The Kier molecular flexibility index (Phi) is 2.94. The van der Waals surface area contributed by atoms with E-state index in [1.807, 2.05) is 19.1 Å². The molecule has 0 radical (unpaired) electrons. The molecule has 0 aromatic heterocycles. The Morgan fingerprint density at radius 3 is 2.75 bits per heavy atom. The molecule has 3 heteroatoms. The van der Waals surface area contributed by atoms with Gasteiger partial charge >= 0.3 is 0 Å². The molecule has 1 aromatic carbocycles. The van der Waals surface area contributed by atoms with Crippen LogP contribution in [0.2, 0.25) is 0 Å². The highest BCUT2D eigenvalue weighted by atomic mass is 16.6. The quantitative estimate of drug-likeness (QED) is 0.692. The van der Waals surface area contributed by atoms with Crippen molar-refractivity contribution in [2.75, 3.05) is 13.9 Å². The second kappa shape index (κ2) is 3.97. The van der Waals surface area contributed by atoms with Crippen LogP contribution in [0.1, 0.15) is 5.56 Å². The zero-order valence-corrected chi connectivity index (χ0v) is 7.20. The summed E-state index contributed by atoms with van der Waals surface area (Å²) in [5.41, 5.74) is 0.977. The average Bonchev–Trinajstić information content (AvgIpc) is 2.09. The predicted octanol–water partition coefficient (Wildman–Crippen LogP) is 1.33. The third-order valence-electron chi connectivity index (χ3n) is 1.62. The molecule has 66 valence electrons. The number of aliphatic hydroxyl groups excluding tert-OH is 1. The van der Waals surface area contributed by atoms with Gasteiger partial charge < -0.3 is 14.6 Å². The Hall–Kier alpha value is -1.22. The number of aliphatic hydroxyl groups is 1. The van der Waals surface area contributed by atoms with Gasteiger partial charge in [-0.05, 0) is 18.6 Å². The summed E-state index contributed by atoms with van der Waals surface area (Å²) < 4.78 is 9.95. The van der Waals surface area contributed by atoms with Crippen LogP contribution < -0.4 is 9.47 Å². The van der Waals surface area contributed by atoms with Gasteiger partial charge in [0.1, 0.15) is 11.5 Å². The van der Waals surface area contributed by atoms with Crippen LogP contribution >= 0.6 is 0 Å². The van der Waals surface area contributed by atoms with Gasteiger partial charge in [-0.25, -0.2) is 0 Å². The maximum absolute atomic E-state index is 8.54. The van der Waals surface area contributed by atoms with Gasteiger partial charge in [0.25, 0.3) is 0 Å². The summed E-state index contributed by atoms with van der Waals surface area (Å²) in [6.45, 7) is 1.60. The normalized spacial score (nSPS) is 9.58. The SMILES string of the molecule is COc1ccc(C)c(OCO)c1. The summed E-state index contributed by atoms with van der Waals surface area (Å²) in [6.07, 6.45) is 0. The van der Waals surface area contributed by atoms with E-state index in [1.165, 1.54) is 0 Å². The minimum Gasteiger partial charge on any atom is -0.497 e. The van der Waals surface area contributed by atoms with E-state index >= 15 is 0 Å². The van der Waals surface area contributed by atoms with Crippen LogP contribution in [-0.2, 0) is 0 Å². The van der Waals surface area contributed by atoms with Crippen molar-refractivity contribution in [3.05, 3.63) is 23.8 Å². The molecule has 0 bridgehead atoms. The topological polar surface area (TPSA) is 38.7 Å². The van der Waals surface area contributed by atoms with E-state index in [4.69, 9.17) is 14.6 Å². The van der Waals surface area contributed by atoms with Crippen LogP contribution in [0.15, 0.2) is 18.2 Å². The van der Waals surface area contributed by atoms with Crippen LogP contribution in [0.5, 0.6) is 11.5 Å². The molecule has 0 saturated heterocycles. The molecule has 1 aromatic rings. The van der Waals surface area contributed by atoms with E-state index in [0.29, 0.717) is 5.75 Å². The fourth-order valence-corrected chi connectivity index (χ4v) is 0.932. The molecule has 0 saturated carbocycles. The molecule has 1 N–H and O–H groups in total. The largest absolute Gasteiger partial charge is 0.497 e. The minimum absolute atomic E-state index is 0.312. The average molecular weight is 168 g/mol. The first-order chi connectivity index (χ1) is 5.77. The molecule has 1 rings (SSSR count). The van der Waals surface area contributed by atoms with Crippen LogP contribution in [0.4, 0.5) is 0 Å². The van der Waals surface area contributed by atoms with Gasteiger partial charge in [-0.15, -0.1) is 0 Å². The number of rotatable bonds is 3. The van der Waals surface area contributed by atoms with Crippen molar-refractivity contribution in [2.24, 2.45) is 0 Å². The molecule has 0 atom stereocenters. The number of aryl methyl sites for hydroxylation is 1. The molecule has 0 aliphatic carbocycles. The van der Waals surface area contributed by atoms with Crippen LogP contribution in [0.25, 0.3) is 0 Å². The molecule has 0 spiro atoms.